The van der Waals surface area contributed by atoms with Gasteiger partial charge in [0.25, 0.3) is 11.8 Å². The minimum Gasteiger partial charge on any atom is -0.466 e. The maximum absolute atomic E-state index is 12.9. The van der Waals surface area contributed by atoms with Crippen LogP contribution < -0.4 is 16.2 Å². The number of amides is 3. The van der Waals surface area contributed by atoms with Crippen molar-refractivity contribution >= 4 is 34.4 Å². The van der Waals surface area contributed by atoms with Gasteiger partial charge in [-0.3, -0.25) is 25.8 Å². The third-order valence-corrected chi connectivity index (χ3v) is 4.34. The average Bonchev–Trinajstić information content (AvgIpc) is 3.02. The lowest BCUT2D eigenvalue weighted by Gasteiger charge is -2.20. The van der Waals surface area contributed by atoms with Crippen molar-refractivity contribution in [3.63, 3.8) is 0 Å². The van der Waals surface area contributed by atoms with Crippen LogP contribution in [0.1, 0.15) is 53.0 Å². The maximum Gasteiger partial charge on any atom is 0.412 e. The molecule has 31 heavy (non-hydrogen) atoms. The quantitative estimate of drug-likeness (QED) is 0.539. The van der Waals surface area contributed by atoms with Crippen molar-refractivity contribution in [2.45, 2.75) is 40.2 Å². The van der Waals surface area contributed by atoms with E-state index in [1.54, 1.807) is 52.8 Å². The average molecular weight is 423 g/mol. The third kappa shape index (κ3) is 5.42. The monoisotopic (exact) mass is 423 g/mol. The van der Waals surface area contributed by atoms with E-state index in [-0.39, 0.29) is 11.3 Å². The smallest absolute Gasteiger partial charge is 0.412 e. The standard InChI is InChI=1S/C23H25N3O5/c1-13-10-17(14(2)30-13)20(27)25-26-21(28)18-11-15-8-6-7-9-16(15)12-19(18)24-22(29)31-23(3,4)5/h6-12H,1-5H3,(H,24,29)(H,25,27)(H,26,28). The fourth-order valence-corrected chi connectivity index (χ4v) is 3.05. The van der Waals surface area contributed by atoms with Crippen molar-refractivity contribution in [2.75, 3.05) is 5.32 Å². The minimum absolute atomic E-state index is 0.171. The van der Waals surface area contributed by atoms with Crippen LogP contribution in [0.4, 0.5) is 10.5 Å². The van der Waals surface area contributed by atoms with Gasteiger partial charge in [-0.25, -0.2) is 4.79 Å². The largest absolute Gasteiger partial charge is 0.466 e. The van der Waals surface area contributed by atoms with Crippen molar-refractivity contribution in [1.82, 2.24) is 10.9 Å². The fraction of sp³-hybridized carbons (Fsp3) is 0.261. The van der Waals surface area contributed by atoms with E-state index in [1.807, 2.05) is 24.3 Å². The molecule has 1 heterocycles. The predicted molar refractivity (Wildman–Crippen MR) is 117 cm³/mol. The van der Waals surface area contributed by atoms with Gasteiger partial charge in [0.05, 0.1) is 16.8 Å². The molecule has 8 nitrogen and oxygen atoms in total. The number of carbonyl (C=O) groups excluding carboxylic acids is 3. The summed E-state index contributed by atoms with van der Waals surface area (Å²) in [6, 6.07) is 12.3. The van der Waals surface area contributed by atoms with E-state index in [2.05, 4.69) is 16.2 Å². The number of hydrazine groups is 1. The number of benzene rings is 2. The number of aryl methyl sites for hydroxylation is 2. The first-order valence-electron chi connectivity index (χ1n) is 9.74. The number of fused-ring (bicyclic) bond motifs is 1. The zero-order valence-electron chi connectivity index (χ0n) is 18.1. The van der Waals surface area contributed by atoms with Gasteiger partial charge in [-0.15, -0.1) is 0 Å². The number of rotatable bonds is 3. The molecule has 0 unspecified atom stereocenters. The lowest BCUT2D eigenvalue weighted by Crippen LogP contribution is -2.42. The molecular weight excluding hydrogens is 398 g/mol. The topological polar surface area (TPSA) is 110 Å². The first-order chi connectivity index (χ1) is 14.5. The van der Waals surface area contributed by atoms with Gasteiger partial charge in [-0.2, -0.15) is 0 Å². The highest BCUT2D eigenvalue weighted by atomic mass is 16.6. The van der Waals surface area contributed by atoms with Crippen molar-refractivity contribution in [3.05, 3.63) is 65.1 Å². The van der Waals surface area contributed by atoms with Gasteiger partial charge in [0.2, 0.25) is 0 Å². The summed E-state index contributed by atoms with van der Waals surface area (Å²) in [5, 5.41) is 4.26. The summed E-state index contributed by atoms with van der Waals surface area (Å²) in [7, 11) is 0. The van der Waals surface area contributed by atoms with Crippen LogP contribution >= 0.6 is 0 Å². The fourth-order valence-electron chi connectivity index (χ4n) is 3.05. The van der Waals surface area contributed by atoms with Crippen molar-refractivity contribution < 1.29 is 23.5 Å². The molecule has 162 valence electrons. The van der Waals surface area contributed by atoms with Crippen molar-refractivity contribution in [3.8, 4) is 0 Å². The van der Waals surface area contributed by atoms with Gasteiger partial charge in [0, 0.05) is 0 Å². The van der Waals surface area contributed by atoms with E-state index in [0.29, 0.717) is 17.1 Å². The van der Waals surface area contributed by atoms with E-state index in [4.69, 9.17) is 9.15 Å². The second-order valence-electron chi connectivity index (χ2n) is 8.11. The summed E-state index contributed by atoms with van der Waals surface area (Å²) in [5.41, 5.74) is 4.82. The van der Waals surface area contributed by atoms with Crippen LogP contribution in [-0.4, -0.2) is 23.5 Å². The SMILES string of the molecule is Cc1cc(C(=O)NNC(=O)c2cc3ccccc3cc2NC(=O)OC(C)(C)C)c(C)o1. The second-order valence-corrected chi connectivity index (χ2v) is 8.11. The Morgan fingerprint density at radius 3 is 2.00 bits per heavy atom. The molecule has 0 saturated carbocycles. The molecule has 3 aromatic rings. The molecule has 1 aromatic heterocycles. The Labute approximate surface area is 179 Å². The van der Waals surface area contributed by atoms with Gasteiger partial charge in [-0.1, -0.05) is 24.3 Å². The Kier molecular flexibility index (Phi) is 6.01. The molecule has 3 N–H and O–H groups in total. The van der Waals surface area contributed by atoms with E-state index in [9.17, 15) is 14.4 Å². The van der Waals surface area contributed by atoms with E-state index < -0.39 is 23.5 Å². The molecule has 8 heteroatoms. The first-order valence-corrected chi connectivity index (χ1v) is 9.74. The Morgan fingerprint density at radius 1 is 0.871 bits per heavy atom. The maximum atomic E-state index is 12.9. The number of hydrogen-bond acceptors (Lipinski definition) is 5. The summed E-state index contributed by atoms with van der Waals surface area (Å²) in [5.74, 6) is -0.0669. The van der Waals surface area contributed by atoms with E-state index in [0.717, 1.165) is 10.8 Å². The summed E-state index contributed by atoms with van der Waals surface area (Å²) in [4.78, 5) is 37.5. The van der Waals surface area contributed by atoms with E-state index >= 15 is 0 Å². The summed E-state index contributed by atoms with van der Waals surface area (Å²) >= 11 is 0. The number of hydrogen-bond donors (Lipinski definition) is 3. The van der Waals surface area contributed by atoms with Crippen molar-refractivity contribution in [2.24, 2.45) is 0 Å². The normalized spacial score (nSPS) is 11.1. The summed E-state index contributed by atoms with van der Waals surface area (Å²) in [6.07, 6.45) is -0.689. The molecule has 3 rings (SSSR count). The third-order valence-electron chi connectivity index (χ3n) is 4.34. The van der Waals surface area contributed by atoms with Gasteiger partial charge < -0.3 is 9.15 Å². The molecule has 0 spiro atoms. The molecule has 2 aromatic carbocycles. The Hall–Kier alpha value is -3.81. The van der Waals surface area contributed by atoms with Crippen LogP contribution in [-0.2, 0) is 4.74 Å². The van der Waals surface area contributed by atoms with Gasteiger partial charge in [0.15, 0.2) is 0 Å². The van der Waals surface area contributed by atoms with Crippen LogP contribution in [0.5, 0.6) is 0 Å². The minimum atomic E-state index is -0.697. The molecular formula is C23H25N3O5. The summed E-state index contributed by atoms with van der Waals surface area (Å²) < 4.78 is 10.6. The Bertz CT molecular complexity index is 1160. The molecule has 0 aliphatic heterocycles. The molecule has 0 fully saturated rings. The molecule has 0 saturated heterocycles. The zero-order valence-corrected chi connectivity index (χ0v) is 18.1. The Morgan fingerprint density at radius 2 is 1.45 bits per heavy atom. The Balaban J connectivity index is 1.84. The molecule has 0 aliphatic carbocycles. The first kappa shape index (κ1) is 21.9. The zero-order chi connectivity index (χ0) is 22.8. The lowest BCUT2D eigenvalue weighted by molar-refractivity contribution is 0.0635. The molecule has 0 aliphatic rings. The van der Waals surface area contributed by atoms with Gasteiger partial charge in [0.1, 0.15) is 17.1 Å². The van der Waals surface area contributed by atoms with Crippen LogP contribution in [0, 0.1) is 13.8 Å². The molecule has 0 radical (unpaired) electrons. The van der Waals surface area contributed by atoms with Crippen molar-refractivity contribution in [1.29, 1.82) is 0 Å². The van der Waals surface area contributed by atoms with Crippen LogP contribution in [0.3, 0.4) is 0 Å². The molecule has 0 atom stereocenters. The number of ether oxygens (including phenoxy) is 1. The van der Waals surface area contributed by atoms with E-state index in [1.165, 1.54) is 0 Å². The number of carbonyl (C=O) groups is 3. The second kappa shape index (κ2) is 8.51. The molecule has 0 bridgehead atoms. The number of anilines is 1. The highest BCUT2D eigenvalue weighted by Crippen LogP contribution is 2.25. The van der Waals surface area contributed by atoms with Gasteiger partial charge in [-0.05, 0) is 63.6 Å². The van der Waals surface area contributed by atoms with Crippen LogP contribution in [0.25, 0.3) is 10.8 Å². The van der Waals surface area contributed by atoms with Crippen LogP contribution in [0.15, 0.2) is 46.9 Å². The predicted octanol–water partition coefficient (Wildman–Crippen LogP) is 4.47. The molecule has 3 amide bonds. The number of nitrogens with one attached hydrogen (secondary N) is 3. The van der Waals surface area contributed by atoms with Gasteiger partial charge >= 0.3 is 6.09 Å². The summed E-state index contributed by atoms with van der Waals surface area (Å²) in [6.45, 7) is 8.63. The lowest BCUT2D eigenvalue weighted by atomic mass is 10.0. The highest BCUT2D eigenvalue weighted by Gasteiger charge is 2.21. The highest BCUT2D eigenvalue weighted by molar-refractivity contribution is 6.08. The number of furan rings is 1. The van der Waals surface area contributed by atoms with Crippen LogP contribution in [0.2, 0.25) is 0 Å².